The second kappa shape index (κ2) is 32.4. The van der Waals surface area contributed by atoms with Crippen LogP contribution in [-0.4, -0.2) is 145 Å². The second-order valence-corrected chi connectivity index (χ2v) is 25.6. The number of likely N-dealkylation sites (tertiary alicyclic amines) is 3. The van der Waals surface area contributed by atoms with E-state index in [1.165, 1.54) is 40.1 Å². The first-order valence-electron chi connectivity index (χ1n) is 31.7. The van der Waals surface area contributed by atoms with Crippen molar-refractivity contribution >= 4 is 23.2 Å². The predicted molar refractivity (Wildman–Crippen MR) is 342 cm³/mol. The molecule has 0 aliphatic carbocycles. The molecule has 0 radical (unpaired) electrons. The Kier molecular flexibility index (Phi) is 25.3. The van der Waals surface area contributed by atoms with E-state index < -0.39 is 0 Å². The van der Waals surface area contributed by atoms with Crippen LogP contribution in [0.1, 0.15) is 145 Å². The van der Waals surface area contributed by atoms with Crippen molar-refractivity contribution in [3.05, 3.63) is 144 Å². The maximum Gasteiger partial charge on any atom is 0.241 e. The summed E-state index contributed by atoms with van der Waals surface area (Å²) in [5.74, 6) is 3.78. The third kappa shape index (κ3) is 19.5. The van der Waals surface area contributed by atoms with Crippen LogP contribution in [0.4, 0.5) is 11.4 Å². The zero-order valence-corrected chi connectivity index (χ0v) is 52.5. The van der Waals surface area contributed by atoms with E-state index in [4.69, 9.17) is 9.47 Å². The number of piperidine rings is 3. The molecule has 0 aromatic heterocycles. The molecule has 4 fully saturated rings. The fourth-order valence-electron chi connectivity index (χ4n) is 12.2. The van der Waals surface area contributed by atoms with Gasteiger partial charge in [0.25, 0.3) is 0 Å². The first-order valence-corrected chi connectivity index (χ1v) is 31.7. The summed E-state index contributed by atoms with van der Waals surface area (Å²) in [6.45, 7) is 35.7. The smallest absolute Gasteiger partial charge is 0.241 e. The molecule has 4 aliphatic heterocycles. The van der Waals surface area contributed by atoms with Crippen LogP contribution in [0.25, 0.3) is 0 Å². The molecule has 0 saturated carbocycles. The molecule has 3 atom stereocenters. The Morgan fingerprint density at radius 2 is 0.976 bits per heavy atom. The van der Waals surface area contributed by atoms with Gasteiger partial charge in [0.05, 0.1) is 6.04 Å². The SMILES string of the molecule is CC(C)=CCN(c1ccc(OCc2ccccc2)cc1)C1CCN(C(=O)C2CCCC(C)N2CCC(C)C)CC1.CC(C)=CCN(c1ccc(OCc2ccccc2)cc1)C1CCN(C(=O)C2CN(C(C)C)CCN2CCC(C)C)CC1. The molecule has 11 heteroatoms. The number of ether oxygens (including phenoxy) is 2. The lowest BCUT2D eigenvalue weighted by molar-refractivity contribution is -0.141. The van der Waals surface area contributed by atoms with Gasteiger partial charge in [-0.1, -0.05) is 112 Å². The average Bonchev–Trinajstić information content (AvgIpc) is 3.49. The van der Waals surface area contributed by atoms with Crippen LogP contribution in [0.3, 0.4) is 0 Å². The van der Waals surface area contributed by atoms with Crippen LogP contribution < -0.4 is 19.3 Å². The lowest BCUT2D eigenvalue weighted by Crippen LogP contribution is -2.62. The normalized spacial score (nSPS) is 19.6. The summed E-state index contributed by atoms with van der Waals surface area (Å²) in [5, 5.41) is 0. The third-order valence-corrected chi connectivity index (χ3v) is 17.5. The minimum absolute atomic E-state index is 0.0262. The number of benzene rings is 4. The van der Waals surface area contributed by atoms with E-state index in [1.807, 2.05) is 36.4 Å². The Hall–Kier alpha value is -5.62. The summed E-state index contributed by atoms with van der Waals surface area (Å²) in [6.07, 6.45) is 14.3. The number of hydrogen-bond donors (Lipinski definition) is 0. The van der Waals surface area contributed by atoms with Gasteiger partial charge in [-0.15, -0.1) is 0 Å². The Morgan fingerprint density at radius 1 is 0.537 bits per heavy atom. The first kappa shape index (κ1) is 64.0. The fourth-order valence-corrected chi connectivity index (χ4v) is 12.2. The quantitative estimate of drug-likeness (QED) is 0.0675. The largest absolute Gasteiger partial charge is 0.489 e. The molecule has 0 spiro atoms. The summed E-state index contributed by atoms with van der Waals surface area (Å²) < 4.78 is 12.1. The van der Waals surface area contributed by atoms with Gasteiger partial charge in [0.15, 0.2) is 0 Å². The number of nitrogens with zero attached hydrogens (tertiary/aromatic N) is 7. The van der Waals surface area contributed by atoms with Crippen molar-refractivity contribution in [2.75, 3.05) is 81.8 Å². The highest BCUT2D eigenvalue weighted by atomic mass is 16.5. The molecule has 4 aromatic carbocycles. The molecule has 4 heterocycles. The monoisotopic (exact) mass is 1120 g/mol. The van der Waals surface area contributed by atoms with Gasteiger partial charge >= 0.3 is 0 Å². The van der Waals surface area contributed by atoms with E-state index in [-0.39, 0.29) is 12.1 Å². The van der Waals surface area contributed by atoms with Crippen molar-refractivity contribution in [3.8, 4) is 11.5 Å². The number of hydrogen-bond acceptors (Lipinski definition) is 9. The van der Waals surface area contributed by atoms with E-state index in [0.717, 1.165) is 135 Å². The molecule has 4 aliphatic rings. The van der Waals surface area contributed by atoms with Gasteiger partial charge in [-0.05, 0) is 191 Å². The Balaban J connectivity index is 0.000000236. The Labute approximate surface area is 496 Å². The molecule has 11 nitrogen and oxygen atoms in total. The molecule has 0 N–H and O–H groups in total. The number of piperazine rings is 1. The average molecular weight is 1120 g/mol. The van der Waals surface area contributed by atoms with Gasteiger partial charge in [-0.25, -0.2) is 0 Å². The van der Waals surface area contributed by atoms with Gasteiger partial charge in [0, 0.05) is 94.4 Å². The predicted octanol–water partition coefficient (Wildman–Crippen LogP) is 13.8. The Morgan fingerprint density at radius 3 is 1.40 bits per heavy atom. The number of rotatable bonds is 23. The van der Waals surface area contributed by atoms with Crippen molar-refractivity contribution in [2.45, 2.75) is 183 Å². The highest BCUT2D eigenvalue weighted by Gasteiger charge is 2.39. The summed E-state index contributed by atoms with van der Waals surface area (Å²) in [4.78, 5) is 44.6. The highest BCUT2D eigenvalue weighted by molar-refractivity contribution is 5.83. The van der Waals surface area contributed by atoms with E-state index >= 15 is 0 Å². The standard InChI is InChI=1S/C36H54N4O2.C35H51N3O2/c1-28(2)16-20-37-24-25-39(30(5)6)26-35(37)36(41)38-21-18-33(19-22-38)40(23-17-29(3)4)32-12-14-34(15-13-32)42-27-31-10-8-7-9-11-31;1-27(2)18-24-37-29(5)10-9-13-34(37)35(39)36-22-20-32(21-23-36)38(25-19-28(3)4)31-14-16-33(17-15-31)40-26-30-11-7-6-8-12-30/h7-15,17,28,30,33,35H,16,18-27H2,1-6H3;6-8,11-12,14-17,19,27,29,32,34H,9-10,13,18,20-26H2,1-5H3. The lowest BCUT2D eigenvalue weighted by atomic mass is 9.93. The molecule has 2 amide bonds. The molecule has 8 rings (SSSR count). The van der Waals surface area contributed by atoms with E-state index in [2.05, 4.69) is 195 Å². The number of carbonyl (C=O) groups is 2. The lowest BCUT2D eigenvalue weighted by Gasteiger charge is -2.45. The fraction of sp³-hybridized carbons (Fsp3) is 0.577. The van der Waals surface area contributed by atoms with Crippen LogP contribution in [0.5, 0.6) is 11.5 Å². The van der Waals surface area contributed by atoms with Crippen LogP contribution in [0.15, 0.2) is 132 Å². The van der Waals surface area contributed by atoms with Gasteiger partial charge in [-0.2, -0.15) is 0 Å². The van der Waals surface area contributed by atoms with Crippen molar-refractivity contribution in [3.63, 3.8) is 0 Å². The minimum Gasteiger partial charge on any atom is -0.489 e. The molecule has 4 saturated heterocycles. The second-order valence-electron chi connectivity index (χ2n) is 25.6. The van der Waals surface area contributed by atoms with Gasteiger partial charge < -0.3 is 29.1 Å². The van der Waals surface area contributed by atoms with Crippen molar-refractivity contribution in [2.24, 2.45) is 11.8 Å². The summed E-state index contributed by atoms with van der Waals surface area (Å²) in [6, 6.07) is 39.5. The van der Waals surface area contributed by atoms with Gasteiger partial charge in [-0.3, -0.25) is 24.3 Å². The van der Waals surface area contributed by atoms with Crippen LogP contribution in [0, 0.1) is 11.8 Å². The Bertz CT molecular complexity index is 2540. The molecule has 448 valence electrons. The molecular formula is C71H105N7O4. The topological polar surface area (TPSA) is 75.3 Å². The molecule has 4 aromatic rings. The van der Waals surface area contributed by atoms with Gasteiger partial charge in [0.2, 0.25) is 11.8 Å². The zero-order chi connectivity index (χ0) is 58.5. The van der Waals surface area contributed by atoms with Crippen molar-refractivity contribution in [1.82, 2.24) is 24.5 Å². The summed E-state index contributed by atoms with van der Waals surface area (Å²) >= 11 is 0. The van der Waals surface area contributed by atoms with E-state index in [9.17, 15) is 9.59 Å². The zero-order valence-electron chi connectivity index (χ0n) is 52.5. The van der Waals surface area contributed by atoms with E-state index in [1.54, 1.807) is 0 Å². The highest BCUT2D eigenvalue weighted by Crippen LogP contribution is 2.31. The number of anilines is 2. The minimum atomic E-state index is -0.0262. The third-order valence-electron chi connectivity index (χ3n) is 17.5. The number of carbonyl (C=O) groups excluding carboxylic acids is 2. The van der Waals surface area contributed by atoms with Crippen LogP contribution in [-0.2, 0) is 22.8 Å². The number of allylic oxidation sites excluding steroid dienone is 2. The maximum absolute atomic E-state index is 14.0. The van der Waals surface area contributed by atoms with Crippen molar-refractivity contribution < 1.29 is 19.1 Å². The number of amides is 2. The maximum atomic E-state index is 14.0. The first-order chi connectivity index (χ1) is 39.5. The summed E-state index contributed by atoms with van der Waals surface area (Å²) in [5.41, 5.74) is 7.42. The molecular weight excluding hydrogens is 1010 g/mol. The van der Waals surface area contributed by atoms with Gasteiger partial charge in [0.1, 0.15) is 30.8 Å². The van der Waals surface area contributed by atoms with Crippen molar-refractivity contribution in [1.29, 1.82) is 0 Å². The molecule has 82 heavy (non-hydrogen) atoms. The van der Waals surface area contributed by atoms with Crippen LogP contribution >= 0.6 is 0 Å². The molecule has 3 unspecified atom stereocenters. The van der Waals surface area contributed by atoms with E-state index in [0.29, 0.717) is 61.0 Å². The van der Waals surface area contributed by atoms with Crippen LogP contribution in [0.2, 0.25) is 0 Å². The summed E-state index contributed by atoms with van der Waals surface area (Å²) in [7, 11) is 0. The molecule has 0 bridgehead atoms.